The van der Waals surface area contributed by atoms with Crippen LogP contribution in [0.4, 0.5) is 5.82 Å². The molecule has 146 valence electrons. The molecule has 3 rings (SSSR count). The Bertz CT molecular complexity index is 1080. The average Bonchev–Trinajstić information content (AvgIpc) is 3.09. The van der Waals surface area contributed by atoms with E-state index in [-0.39, 0.29) is 18.4 Å². The van der Waals surface area contributed by atoms with Gasteiger partial charge < -0.3 is 10.2 Å². The number of anilines is 1. The molecule has 10 heteroatoms. The van der Waals surface area contributed by atoms with Gasteiger partial charge in [-0.05, 0) is 12.1 Å². The van der Waals surface area contributed by atoms with Gasteiger partial charge in [0.15, 0.2) is 0 Å². The van der Waals surface area contributed by atoms with Crippen molar-refractivity contribution in [1.29, 1.82) is 0 Å². The number of hydrogen-bond donors (Lipinski definition) is 1. The van der Waals surface area contributed by atoms with Crippen LogP contribution in [0.25, 0.3) is 5.52 Å². The minimum atomic E-state index is -0.458. The van der Waals surface area contributed by atoms with Crippen LogP contribution in [0.2, 0.25) is 0 Å². The molecule has 1 N–H and O–H groups in total. The van der Waals surface area contributed by atoms with Gasteiger partial charge in [0.05, 0.1) is 5.56 Å². The lowest BCUT2D eigenvalue weighted by molar-refractivity contribution is -0.117. The molecule has 0 saturated heterocycles. The summed E-state index contributed by atoms with van der Waals surface area (Å²) in [6.07, 6.45) is 4.42. The number of aromatic nitrogens is 5. The van der Waals surface area contributed by atoms with Crippen LogP contribution in [-0.2, 0) is 11.3 Å². The summed E-state index contributed by atoms with van der Waals surface area (Å²) >= 11 is 0. The maximum Gasteiger partial charge on any atom is 0.291 e. The van der Waals surface area contributed by atoms with E-state index in [2.05, 4.69) is 20.4 Å². The summed E-state index contributed by atoms with van der Waals surface area (Å²) in [5.74, 6) is 0.213. The minimum Gasteiger partial charge on any atom is -0.345 e. The van der Waals surface area contributed by atoms with E-state index in [0.717, 1.165) is 4.68 Å². The summed E-state index contributed by atoms with van der Waals surface area (Å²) in [5, 5.41) is 6.94. The van der Waals surface area contributed by atoms with Crippen molar-refractivity contribution in [3.05, 3.63) is 52.6 Å². The van der Waals surface area contributed by atoms with Crippen LogP contribution in [0.15, 0.2) is 35.6 Å². The molecule has 0 aromatic carbocycles. The Balaban J connectivity index is 2.01. The first-order valence-corrected chi connectivity index (χ1v) is 8.68. The minimum absolute atomic E-state index is 0.0333. The molecule has 0 aliphatic heterocycles. The number of hydrogen-bond acceptors (Lipinski definition) is 6. The summed E-state index contributed by atoms with van der Waals surface area (Å²) < 4.78 is 2.72. The molecule has 2 amide bonds. The third kappa shape index (κ3) is 3.75. The van der Waals surface area contributed by atoms with Gasteiger partial charge in [0, 0.05) is 32.4 Å². The molecule has 0 atom stereocenters. The highest BCUT2D eigenvalue weighted by Gasteiger charge is 2.19. The second-order valence-electron chi connectivity index (χ2n) is 6.80. The molecule has 0 bridgehead atoms. The van der Waals surface area contributed by atoms with E-state index < -0.39 is 11.5 Å². The molecule has 0 radical (unpaired) electrons. The zero-order chi connectivity index (χ0) is 20.4. The maximum atomic E-state index is 12.8. The lowest BCUT2D eigenvalue weighted by Gasteiger charge is -2.12. The Morgan fingerprint density at radius 1 is 1.29 bits per heavy atom. The monoisotopic (exact) mass is 383 g/mol. The van der Waals surface area contributed by atoms with Crippen LogP contribution in [0.5, 0.6) is 0 Å². The summed E-state index contributed by atoms with van der Waals surface area (Å²) in [5.41, 5.74) is 0.216. The fourth-order valence-electron chi connectivity index (χ4n) is 2.73. The summed E-state index contributed by atoms with van der Waals surface area (Å²) in [4.78, 5) is 46.6. The van der Waals surface area contributed by atoms with Crippen LogP contribution in [0.1, 0.15) is 35.9 Å². The molecule has 0 fully saturated rings. The molecule has 10 nitrogen and oxygen atoms in total. The number of fused-ring (bicyclic) bond motifs is 1. The van der Waals surface area contributed by atoms with Crippen molar-refractivity contribution in [2.45, 2.75) is 26.3 Å². The van der Waals surface area contributed by atoms with E-state index in [9.17, 15) is 14.4 Å². The van der Waals surface area contributed by atoms with Crippen molar-refractivity contribution < 1.29 is 9.59 Å². The van der Waals surface area contributed by atoms with Gasteiger partial charge in [0.2, 0.25) is 5.91 Å². The summed E-state index contributed by atoms with van der Waals surface area (Å²) in [7, 11) is 3.28. The highest BCUT2D eigenvalue weighted by atomic mass is 16.2. The normalized spacial score (nSPS) is 11.0. The van der Waals surface area contributed by atoms with E-state index in [0.29, 0.717) is 22.7 Å². The predicted molar refractivity (Wildman–Crippen MR) is 102 cm³/mol. The van der Waals surface area contributed by atoms with Crippen molar-refractivity contribution in [3.8, 4) is 0 Å². The Kier molecular flexibility index (Phi) is 5.21. The second-order valence-corrected chi connectivity index (χ2v) is 6.80. The van der Waals surface area contributed by atoms with Gasteiger partial charge in [-0.1, -0.05) is 13.8 Å². The van der Waals surface area contributed by atoms with Gasteiger partial charge in [-0.3, -0.25) is 18.8 Å². The zero-order valence-electron chi connectivity index (χ0n) is 16.1. The standard InChI is InChI=1S/C18H21N7O3/c1-11(2)16-22-25(9-15(26)21-14-5-6-19-10-20-14)18(28)13-7-12(8-24(13)16)17(27)23(3)4/h5-8,10-11H,9H2,1-4H3,(H,19,20,21,26). The first kappa shape index (κ1) is 19.2. The molecular weight excluding hydrogens is 362 g/mol. The van der Waals surface area contributed by atoms with Gasteiger partial charge in [-0.2, -0.15) is 5.10 Å². The highest BCUT2D eigenvalue weighted by Crippen LogP contribution is 2.16. The van der Waals surface area contributed by atoms with Crippen LogP contribution in [0.3, 0.4) is 0 Å². The average molecular weight is 383 g/mol. The number of amides is 2. The molecular formula is C18H21N7O3. The third-order valence-electron chi connectivity index (χ3n) is 4.06. The Hall–Kier alpha value is -3.56. The summed E-state index contributed by atoms with van der Waals surface area (Å²) in [6.45, 7) is 3.57. The van der Waals surface area contributed by atoms with Crippen molar-refractivity contribution in [1.82, 2.24) is 29.0 Å². The number of carbonyl (C=O) groups excluding carboxylic acids is 2. The van der Waals surface area contributed by atoms with Crippen LogP contribution < -0.4 is 10.9 Å². The molecule has 0 aliphatic carbocycles. The number of nitrogens with zero attached hydrogens (tertiary/aromatic N) is 6. The molecule has 0 unspecified atom stereocenters. The number of carbonyl (C=O) groups is 2. The molecule has 3 aromatic rings. The molecule has 3 aromatic heterocycles. The zero-order valence-corrected chi connectivity index (χ0v) is 16.1. The smallest absolute Gasteiger partial charge is 0.291 e. The first-order valence-electron chi connectivity index (χ1n) is 8.68. The van der Waals surface area contributed by atoms with Gasteiger partial charge >= 0.3 is 0 Å². The van der Waals surface area contributed by atoms with Gasteiger partial charge in [0.1, 0.15) is 30.0 Å². The third-order valence-corrected chi connectivity index (χ3v) is 4.06. The highest BCUT2D eigenvalue weighted by molar-refractivity contribution is 5.95. The van der Waals surface area contributed by atoms with Crippen molar-refractivity contribution >= 4 is 23.1 Å². The first-order chi connectivity index (χ1) is 13.3. The van der Waals surface area contributed by atoms with E-state index in [4.69, 9.17) is 0 Å². The second kappa shape index (κ2) is 7.59. The van der Waals surface area contributed by atoms with E-state index >= 15 is 0 Å². The lowest BCUT2D eigenvalue weighted by Crippen LogP contribution is -2.32. The molecule has 28 heavy (non-hydrogen) atoms. The quantitative estimate of drug-likeness (QED) is 0.695. The van der Waals surface area contributed by atoms with Crippen molar-refractivity contribution in [2.75, 3.05) is 19.4 Å². The van der Waals surface area contributed by atoms with Crippen LogP contribution in [0, 0.1) is 0 Å². The fourth-order valence-corrected chi connectivity index (χ4v) is 2.73. The SMILES string of the molecule is CC(C)c1nn(CC(=O)Nc2ccncn2)c(=O)c2cc(C(=O)N(C)C)cn12. The number of rotatable bonds is 5. The van der Waals surface area contributed by atoms with Crippen LogP contribution in [-0.4, -0.2) is 55.0 Å². The molecule has 3 heterocycles. The maximum absolute atomic E-state index is 12.8. The van der Waals surface area contributed by atoms with Gasteiger partial charge in [0.25, 0.3) is 11.5 Å². The predicted octanol–water partition coefficient (Wildman–Crippen LogP) is 0.750. The van der Waals surface area contributed by atoms with E-state index in [1.54, 1.807) is 30.8 Å². The van der Waals surface area contributed by atoms with Gasteiger partial charge in [-0.25, -0.2) is 14.6 Å². The summed E-state index contributed by atoms with van der Waals surface area (Å²) in [6, 6.07) is 3.07. The topological polar surface area (TPSA) is 114 Å². The molecule has 0 spiro atoms. The van der Waals surface area contributed by atoms with E-state index in [1.807, 2.05) is 13.8 Å². The molecule has 0 aliphatic rings. The van der Waals surface area contributed by atoms with Gasteiger partial charge in [-0.15, -0.1) is 0 Å². The number of nitrogens with one attached hydrogen (secondary N) is 1. The van der Waals surface area contributed by atoms with Crippen LogP contribution >= 0.6 is 0 Å². The fraction of sp³-hybridized carbons (Fsp3) is 0.333. The van der Waals surface area contributed by atoms with Crippen molar-refractivity contribution in [3.63, 3.8) is 0 Å². The van der Waals surface area contributed by atoms with E-state index in [1.165, 1.54) is 23.5 Å². The molecule has 0 saturated carbocycles. The Morgan fingerprint density at radius 3 is 2.64 bits per heavy atom. The Morgan fingerprint density at radius 2 is 2.04 bits per heavy atom. The lowest BCUT2D eigenvalue weighted by atomic mass is 10.2. The Labute approximate surface area is 160 Å². The largest absolute Gasteiger partial charge is 0.345 e. The van der Waals surface area contributed by atoms with Crippen molar-refractivity contribution in [2.24, 2.45) is 0 Å².